The van der Waals surface area contributed by atoms with E-state index in [4.69, 9.17) is 4.74 Å². The monoisotopic (exact) mass is 315 g/mol. The lowest BCUT2D eigenvalue weighted by Crippen LogP contribution is -2.37. The molecule has 0 amide bonds. The molecule has 98 valence electrons. The maximum Gasteiger partial charge on any atom is 0.318 e. The Morgan fingerprint density at radius 1 is 1.39 bits per heavy atom. The first-order valence-corrected chi connectivity index (χ1v) is 6.02. The molecule has 1 heterocycles. The second-order valence-corrected chi connectivity index (χ2v) is 5.08. The van der Waals surface area contributed by atoms with Crippen molar-refractivity contribution in [1.82, 2.24) is 4.98 Å². The minimum atomic E-state index is -1.21. The first kappa shape index (κ1) is 14.6. The first-order valence-electron chi connectivity index (χ1n) is 5.23. The summed E-state index contributed by atoms with van der Waals surface area (Å²) in [6, 6.07) is 1.69. The van der Waals surface area contributed by atoms with Crippen LogP contribution in [-0.2, 0) is 14.3 Å². The molecule has 0 aromatic carbocycles. The predicted molar refractivity (Wildman–Crippen MR) is 68.2 cm³/mol. The van der Waals surface area contributed by atoms with Crippen molar-refractivity contribution in [3.8, 4) is 5.75 Å². The van der Waals surface area contributed by atoms with Crippen molar-refractivity contribution in [2.45, 2.75) is 13.8 Å². The topological polar surface area (TPSA) is 65.5 Å². The Labute approximate surface area is 114 Å². The summed E-state index contributed by atoms with van der Waals surface area (Å²) in [5.41, 5.74) is -1.21. The molecular weight excluding hydrogens is 302 g/mol. The van der Waals surface area contributed by atoms with Gasteiger partial charge in [-0.25, -0.2) is 0 Å². The van der Waals surface area contributed by atoms with Crippen LogP contribution in [-0.4, -0.2) is 30.5 Å². The van der Waals surface area contributed by atoms with Gasteiger partial charge in [0.25, 0.3) is 0 Å². The first-order chi connectivity index (χ1) is 8.37. The molecule has 18 heavy (non-hydrogen) atoms. The van der Waals surface area contributed by atoms with Crippen LogP contribution in [0.1, 0.15) is 13.8 Å². The maximum atomic E-state index is 11.9. The number of rotatable bonds is 5. The van der Waals surface area contributed by atoms with Crippen LogP contribution in [0, 0.1) is 5.41 Å². The van der Waals surface area contributed by atoms with Gasteiger partial charge in [0.15, 0.2) is 5.78 Å². The van der Waals surface area contributed by atoms with Gasteiger partial charge in [-0.15, -0.1) is 0 Å². The molecule has 0 aliphatic carbocycles. The zero-order valence-electron chi connectivity index (χ0n) is 10.4. The lowest BCUT2D eigenvalue weighted by atomic mass is 9.88. The summed E-state index contributed by atoms with van der Waals surface area (Å²) in [5.74, 6) is -0.476. The van der Waals surface area contributed by atoms with Crippen LogP contribution in [0.2, 0.25) is 0 Å². The molecule has 0 saturated heterocycles. The largest absolute Gasteiger partial charge is 0.484 e. The molecule has 0 fully saturated rings. The van der Waals surface area contributed by atoms with Crippen molar-refractivity contribution < 1.29 is 19.1 Å². The number of methoxy groups -OCH3 is 1. The highest BCUT2D eigenvalue weighted by Crippen LogP contribution is 2.20. The molecule has 5 nitrogen and oxygen atoms in total. The van der Waals surface area contributed by atoms with Crippen molar-refractivity contribution >= 4 is 27.7 Å². The second kappa shape index (κ2) is 5.95. The third kappa shape index (κ3) is 3.53. The third-order valence-electron chi connectivity index (χ3n) is 2.44. The van der Waals surface area contributed by atoms with E-state index in [0.717, 1.165) is 4.47 Å². The number of Topliss-reactive ketones (excluding diaryl/α,β-unsaturated/α-hetero) is 1. The summed E-state index contributed by atoms with van der Waals surface area (Å²) in [4.78, 5) is 27.2. The molecule has 0 atom stereocenters. The van der Waals surface area contributed by atoms with E-state index in [0.29, 0.717) is 5.75 Å². The van der Waals surface area contributed by atoms with Crippen molar-refractivity contribution in [2.75, 3.05) is 13.7 Å². The Balaban J connectivity index is 2.64. The van der Waals surface area contributed by atoms with Crippen molar-refractivity contribution in [3.63, 3.8) is 0 Å². The number of aromatic nitrogens is 1. The number of nitrogens with zero attached hydrogens (tertiary/aromatic N) is 1. The fourth-order valence-electron chi connectivity index (χ4n) is 1.17. The van der Waals surface area contributed by atoms with Gasteiger partial charge >= 0.3 is 5.97 Å². The van der Waals surface area contributed by atoms with Gasteiger partial charge in [-0.3, -0.25) is 14.6 Å². The molecule has 0 aliphatic rings. The number of hydrogen-bond donors (Lipinski definition) is 0. The van der Waals surface area contributed by atoms with Gasteiger partial charge in [-0.05, 0) is 35.8 Å². The molecule has 1 aromatic rings. The number of carbonyl (C=O) groups excluding carboxylic acids is 2. The minimum absolute atomic E-state index is 0.208. The van der Waals surface area contributed by atoms with Crippen molar-refractivity contribution in [1.29, 1.82) is 0 Å². The van der Waals surface area contributed by atoms with E-state index in [1.54, 1.807) is 12.3 Å². The van der Waals surface area contributed by atoms with E-state index in [9.17, 15) is 9.59 Å². The van der Waals surface area contributed by atoms with Crippen LogP contribution in [0.15, 0.2) is 22.9 Å². The van der Waals surface area contributed by atoms with Crippen LogP contribution in [0.4, 0.5) is 0 Å². The van der Waals surface area contributed by atoms with E-state index in [1.165, 1.54) is 27.2 Å². The van der Waals surface area contributed by atoms with Gasteiger partial charge in [0.05, 0.1) is 13.3 Å². The average molecular weight is 316 g/mol. The summed E-state index contributed by atoms with van der Waals surface area (Å²) in [6.07, 6.45) is 3.09. The molecule has 1 rings (SSSR count). The van der Waals surface area contributed by atoms with Crippen LogP contribution < -0.4 is 4.74 Å². The van der Waals surface area contributed by atoms with Crippen molar-refractivity contribution in [2.24, 2.45) is 5.41 Å². The Kier molecular flexibility index (Phi) is 4.84. The lowest BCUT2D eigenvalue weighted by Gasteiger charge is -2.19. The van der Waals surface area contributed by atoms with Gasteiger partial charge in [0.2, 0.25) is 0 Å². The summed E-state index contributed by atoms with van der Waals surface area (Å²) >= 11 is 3.24. The molecular formula is C12H14BrNO4. The van der Waals surface area contributed by atoms with Gasteiger partial charge in [0, 0.05) is 10.7 Å². The van der Waals surface area contributed by atoms with Gasteiger partial charge in [-0.2, -0.15) is 0 Å². The highest BCUT2D eigenvalue weighted by molar-refractivity contribution is 9.10. The lowest BCUT2D eigenvalue weighted by molar-refractivity contribution is -0.156. The number of ketones is 1. The maximum absolute atomic E-state index is 11.9. The average Bonchev–Trinajstić information content (AvgIpc) is 2.34. The van der Waals surface area contributed by atoms with Crippen LogP contribution >= 0.6 is 15.9 Å². The zero-order chi connectivity index (χ0) is 13.8. The van der Waals surface area contributed by atoms with Crippen LogP contribution in [0.5, 0.6) is 5.75 Å². The number of pyridine rings is 1. The van der Waals surface area contributed by atoms with Gasteiger partial charge in [-0.1, -0.05) is 0 Å². The summed E-state index contributed by atoms with van der Waals surface area (Å²) in [6.45, 7) is 2.80. The van der Waals surface area contributed by atoms with Crippen molar-refractivity contribution in [3.05, 3.63) is 22.9 Å². The van der Waals surface area contributed by atoms with Crippen LogP contribution in [0.3, 0.4) is 0 Å². The molecule has 0 unspecified atom stereocenters. The fourth-order valence-corrected chi connectivity index (χ4v) is 1.51. The second-order valence-electron chi connectivity index (χ2n) is 4.17. The van der Waals surface area contributed by atoms with Crippen LogP contribution in [0.25, 0.3) is 0 Å². The quantitative estimate of drug-likeness (QED) is 0.614. The van der Waals surface area contributed by atoms with E-state index in [-0.39, 0.29) is 12.4 Å². The highest BCUT2D eigenvalue weighted by atomic mass is 79.9. The summed E-state index contributed by atoms with van der Waals surface area (Å²) in [7, 11) is 1.25. The fraction of sp³-hybridized carbons (Fsp3) is 0.417. The molecule has 6 heteroatoms. The van der Waals surface area contributed by atoms with E-state index >= 15 is 0 Å². The molecule has 0 radical (unpaired) electrons. The SMILES string of the molecule is COC(=O)C(C)(C)C(=O)COc1cncc(Br)c1. The Morgan fingerprint density at radius 3 is 2.61 bits per heavy atom. The number of esters is 1. The molecule has 0 saturated carbocycles. The Bertz CT molecular complexity index is 459. The predicted octanol–water partition coefficient (Wildman–Crippen LogP) is 1.99. The van der Waals surface area contributed by atoms with Gasteiger partial charge < -0.3 is 9.47 Å². The molecule has 1 aromatic heterocycles. The smallest absolute Gasteiger partial charge is 0.318 e. The standard InChI is InChI=1S/C12H14BrNO4/c1-12(2,11(16)17-3)10(15)7-18-9-4-8(13)5-14-6-9/h4-6H,7H2,1-3H3. The third-order valence-corrected chi connectivity index (χ3v) is 2.88. The highest BCUT2D eigenvalue weighted by Gasteiger charge is 2.37. The number of halogens is 1. The molecule has 0 N–H and O–H groups in total. The van der Waals surface area contributed by atoms with E-state index in [1.807, 2.05) is 0 Å². The Morgan fingerprint density at radius 2 is 2.06 bits per heavy atom. The molecule has 0 aliphatic heterocycles. The number of ether oxygens (including phenoxy) is 2. The summed E-state index contributed by atoms with van der Waals surface area (Å²) < 4.78 is 10.6. The number of hydrogen-bond acceptors (Lipinski definition) is 5. The van der Waals surface area contributed by atoms with E-state index < -0.39 is 11.4 Å². The number of carbonyl (C=O) groups is 2. The summed E-state index contributed by atoms with van der Waals surface area (Å²) in [5, 5.41) is 0. The zero-order valence-corrected chi connectivity index (χ0v) is 12.0. The molecule has 0 bridgehead atoms. The van der Waals surface area contributed by atoms with E-state index in [2.05, 4.69) is 25.7 Å². The minimum Gasteiger partial charge on any atom is -0.484 e. The Hall–Kier alpha value is -1.43. The van der Waals surface area contributed by atoms with Gasteiger partial charge in [0.1, 0.15) is 17.8 Å². The molecule has 0 spiro atoms. The normalized spacial score (nSPS) is 10.9.